The molecule has 0 radical (unpaired) electrons. The number of halogens is 2. The van der Waals surface area contributed by atoms with E-state index < -0.39 is 0 Å². The monoisotopic (exact) mass is 303 g/mol. The van der Waals surface area contributed by atoms with Gasteiger partial charge in [0.1, 0.15) is 5.82 Å². The van der Waals surface area contributed by atoms with Crippen molar-refractivity contribution in [2.24, 2.45) is 0 Å². The van der Waals surface area contributed by atoms with E-state index in [2.05, 4.69) is 21.2 Å². The molecule has 0 saturated heterocycles. The van der Waals surface area contributed by atoms with Gasteiger partial charge >= 0.3 is 0 Å². The first-order valence-electron chi connectivity index (χ1n) is 5.33. The van der Waals surface area contributed by atoms with Crippen LogP contribution in [0.25, 0.3) is 0 Å². The van der Waals surface area contributed by atoms with Gasteiger partial charge in [-0.3, -0.25) is 4.79 Å². The van der Waals surface area contributed by atoms with Gasteiger partial charge in [0.05, 0.1) is 6.42 Å². The van der Waals surface area contributed by atoms with Crippen molar-refractivity contribution in [2.45, 2.75) is 12.8 Å². The minimum atomic E-state index is -0.361. The van der Waals surface area contributed by atoms with Gasteiger partial charge in [0.25, 0.3) is 0 Å². The van der Waals surface area contributed by atoms with Crippen molar-refractivity contribution >= 4 is 21.8 Å². The molecule has 0 fully saturated rings. The molecule has 0 heterocycles. The fourth-order valence-corrected chi connectivity index (χ4v) is 1.77. The molecule has 0 unspecified atom stereocenters. The SMILES string of the molecule is COCCCNC(=O)Cc1cc(Br)ccc1F. The summed E-state index contributed by atoms with van der Waals surface area (Å²) in [5.74, 6) is -0.543. The fraction of sp³-hybridized carbons (Fsp3) is 0.417. The van der Waals surface area contributed by atoms with E-state index in [0.717, 1.165) is 10.9 Å². The summed E-state index contributed by atoms with van der Waals surface area (Å²) in [5.41, 5.74) is 0.392. The van der Waals surface area contributed by atoms with Crippen LogP contribution in [0.4, 0.5) is 4.39 Å². The number of methoxy groups -OCH3 is 1. The first kappa shape index (κ1) is 14.1. The van der Waals surface area contributed by atoms with Crippen molar-refractivity contribution in [3.63, 3.8) is 0 Å². The number of ether oxygens (including phenoxy) is 1. The predicted octanol–water partition coefficient (Wildman–Crippen LogP) is 2.28. The van der Waals surface area contributed by atoms with Crippen LogP contribution >= 0.6 is 15.9 Å². The first-order chi connectivity index (χ1) is 8.13. The van der Waals surface area contributed by atoms with Gasteiger partial charge in [-0.1, -0.05) is 15.9 Å². The second-order valence-electron chi connectivity index (χ2n) is 3.61. The van der Waals surface area contributed by atoms with Crippen LogP contribution in [0.15, 0.2) is 22.7 Å². The van der Waals surface area contributed by atoms with Gasteiger partial charge < -0.3 is 10.1 Å². The summed E-state index contributed by atoms with van der Waals surface area (Å²) < 4.78 is 19.0. The van der Waals surface area contributed by atoms with Crippen LogP contribution in [0, 0.1) is 5.82 Å². The molecule has 3 nitrogen and oxygen atoms in total. The summed E-state index contributed by atoms with van der Waals surface area (Å²) in [5, 5.41) is 2.71. The average Bonchev–Trinajstić information content (AvgIpc) is 2.29. The Kier molecular flexibility index (Phi) is 6.15. The summed E-state index contributed by atoms with van der Waals surface area (Å²) >= 11 is 3.24. The lowest BCUT2D eigenvalue weighted by Gasteiger charge is -2.06. The van der Waals surface area contributed by atoms with Gasteiger partial charge in [0, 0.05) is 24.7 Å². The van der Waals surface area contributed by atoms with Crippen molar-refractivity contribution < 1.29 is 13.9 Å². The van der Waals surface area contributed by atoms with Crippen LogP contribution in [-0.2, 0) is 16.0 Å². The zero-order chi connectivity index (χ0) is 12.7. The van der Waals surface area contributed by atoms with Crippen molar-refractivity contribution in [2.75, 3.05) is 20.3 Å². The van der Waals surface area contributed by atoms with E-state index in [-0.39, 0.29) is 18.1 Å². The van der Waals surface area contributed by atoms with E-state index in [1.165, 1.54) is 6.07 Å². The van der Waals surface area contributed by atoms with Crippen LogP contribution in [0.3, 0.4) is 0 Å². The number of rotatable bonds is 6. The number of nitrogens with one attached hydrogen (secondary N) is 1. The van der Waals surface area contributed by atoms with Gasteiger partial charge in [0.2, 0.25) is 5.91 Å². The molecule has 5 heteroatoms. The predicted molar refractivity (Wildman–Crippen MR) is 67.3 cm³/mol. The molecule has 0 aliphatic rings. The molecule has 0 aliphatic carbocycles. The standard InChI is InChI=1S/C12H15BrFNO2/c1-17-6-2-5-15-12(16)8-9-7-10(13)3-4-11(9)14/h3-4,7H,2,5-6,8H2,1H3,(H,15,16). The van der Waals surface area contributed by atoms with E-state index in [0.29, 0.717) is 18.7 Å². The molecule has 0 aliphatic heterocycles. The highest BCUT2D eigenvalue weighted by Crippen LogP contribution is 2.15. The third-order valence-corrected chi connectivity index (χ3v) is 2.70. The van der Waals surface area contributed by atoms with Crippen LogP contribution in [0.2, 0.25) is 0 Å². The molecule has 0 saturated carbocycles. The molecular formula is C12H15BrFNO2. The second kappa shape index (κ2) is 7.40. The maximum Gasteiger partial charge on any atom is 0.224 e. The van der Waals surface area contributed by atoms with Crippen LogP contribution in [-0.4, -0.2) is 26.2 Å². The molecule has 1 aromatic carbocycles. The molecule has 0 aromatic heterocycles. The van der Waals surface area contributed by atoms with Gasteiger partial charge in [-0.25, -0.2) is 4.39 Å². The number of hydrogen-bond acceptors (Lipinski definition) is 2. The Balaban J connectivity index is 2.42. The van der Waals surface area contributed by atoms with E-state index in [4.69, 9.17) is 4.74 Å². The number of carbonyl (C=O) groups excluding carboxylic acids is 1. The quantitative estimate of drug-likeness (QED) is 0.819. The molecule has 1 amide bonds. The summed E-state index contributed by atoms with van der Waals surface area (Å²) in [6, 6.07) is 4.57. The van der Waals surface area contributed by atoms with E-state index in [9.17, 15) is 9.18 Å². The Morgan fingerprint density at radius 3 is 3.00 bits per heavy atom. The Morgan fingerprint density at radius 1 is 1.53 bits per heavy atom. The minimum Gasteiger partial charge on any atom is -0.385 e. The number of hydrogen-bond donors (Lipinski definition) is 1. The summed E-state index contributed by atoms with van der Waals surface area (Å²) in [6.45, 7) is 1.15. The molecule has 1 rings (SSSR count). The Morgan fingerprint density at radius 2 is 2.29 bits per heavy atom. The maximum absolute atomic E-state index is 13.4. The molecule has 0 bridgehead atoms. The molecular weight excluding hydrogens is 289 g/mol. The fourth-order valence-electron chi connectivity index (χ4n) is 1.36. The lowest BCUT2D eigenvalue weighted by Crippen LogP contribution is -2.27. The number of amides is 1. The second-order valence-corrected chi connectivity index (χ2v) is 4.52. The van der Waals surface area contributed by atoms with Crippen LogP contribution in [0.5, 0.6) is 0 Å². The molecule has 0 spiro atoms. The van der Waals surface area contributed by atoms with Crippen LogP contribution in [0.1, 0.15) is 12.0 Å². The first-order valence-corrected chi connectivity index (χ1v) is 6.12. The Hall–Kier alpha value is -0.940. The van der Waals surface area contributed by atoms with E-state index in [1.807, 2.05) is 0 Å². The van der Waals surface area contributed by atoms with Crippen molar-refractivity contribution in [1.29, 1.82) is 0 Å². The lowest BCUT2D eigenvalue weighted by atomic mass is 10.1. The summed E-state index contributed by atoms with van der Waals surface area (Å²) in [7, 11) is 1.61. The van der Waals surface area contributed by atoms with E-state index in [1.54, 1.807) is 19.2 Å². The smallest absolute Gasteiger partial charge is 0.224 e. The number of carbonyl (C=O) groups is 1. The summed E-state index contributed by atoms with van der Waals surface area (Å²) in [4.78, 5) is 11.5. The number of benzene rings is 1. The molecule has 0 atom stereocenters. The molecule has 1 N–H and O–H groups in total. The highest BCUT2D eigenvalue weighted by atomic mass is 79.9. The lowest BCUT2D eigenvalue weighted by molar-refractivity contribution is -0.120. The highest BCUT2D eigenvalue weighted by Gasteiger charge is 2.08. The van der Waals surface area contributed by atoms with Gasteiger partial charge in [-0.15, -0.1) is 0 Å². The Labute approximate surface area is 108 Å². The van der Waals surface area contributed by atoms with Crippen molar-refractivity contribution in [1.82, 2.24) is 5.32 Å². The van der Waals surface area contributed by atoms with Gasteiger partial charge in [-0.2, -0.15) is 0 Å². The highest BCUT2D eigenvalue weighted by molar-refractivity contribution is 9.10. The van der Waals surface area contributed by atoms with Gasteiger partial charge in [-0.05, 0) is 30.2 Å². The zero-order valence-electron chi connectivity index (χ0n) is 9.63. The van der Waals surface area contributed by atoms with Crippen molar-refractivity contribution in [3.8, 4) is 0 Å². The molecule has 1 aromatic rings. The Bertz CT molecular complexity index is 385. The minimum absolute atomic E-state index is 0.0538. The van der Waals surface area contributed by atoms with Gasteiger partial charge in [0.15, 0.2) is 0 Å². The third-order valence-electron chi connectivity index (χ3n) is 2.21. The topological polar surface area (TPSA) is 38.3 Å². The largest absolute Gasteiger partial charge is 0.385 e. The normalized spacial score (nSPS) is 10.3. The maximum atomic E-state index is 13.4. The van der Waals surface area contributed by atoms with E-state index >= 15 is 0 Å². The third kappa shape index (κ3) is 5.28. The molecule has 17 heavy (non-hydrogen) atoms. The van der Waals surface area contributed by atoms with Crippen molar-refractivity contribution in [3.05, 3.63) is 34.1 Å². The zero-order valence-corrected chi connectivity index (χ0v) is 11.2. The van der Waals surface area contributed by atoms with Crippen LogP contribution < -0.4 is 5.32 Å². The summed E-state index contributed by atoms with van der Waals surface area (Å²) in [6.07, 6.45) is 0.807. The molecule has 94 valence electrons. The average molecular weight is 304 g/mol.